The number of carbonyl (C=O) groups is 1. The molecule has 0 aromatic heterocycles. The average molecular weight is 221 g/mol. The zero-order valence-corrected chi connectivity index (χ0v) is 10.3. The molecule has 3 heteroatoms. The van der Waals surface area contributed by atoms with Gasteiger partial charge in [-0.3, -0.25) is 10.1 Å². The largest absolute Gasteiger partial charge is 0.480 e. The summed E-state index contributed by atoms with van der Waals surface area (Å²) in [6, 6.07) is 6.20. The first-order valence-electron chi connectivity index (χ1n) is 5.37. The van der Waals surface area contributed by atoms with E-state index in [0.717, 1.165) is 5.56 Å². The Morgan fingerprint density at radius 1 is 1.38 bits per heavy atom. The number of hydrogen-bond acceptors (Lipinski definition) is 2. The summed E-state index contributed by atoms with van der Waals surface area (Å²) in [6.45, 7) is 7.98. The lowest BCUT2D eigenvalue weighted by atomic mass is 10.0. The van der Waals surface area contributed by atoms with Gasteiger partial charge in [0.15, 0.2) is 0 Å². The van der Waals surface area contributed by atoms with Crippen molar-refractivity contribution in [3.63, 3.8) is 0 Å². The molecule has 0 spiro atoms. The van der Waals surface area contributed by atoms with Gasteiger partial charge in [0, 0.05) is 6.54 Å². The number of aryl methyl sites for hydroxylation is 2. The molecule has 0 amide bonds. The monoisotopic (exact) mass is 221 g/mol. The van der Waals surface area contributed by atoms with Gasteiger partial charge in [-0.2, -0.15) is 0 Å². The Balaban J connectivity index is 2.75. The minimum absolute atomic E-state index is 0.576. The molecule has 0 aliphatic heterocycles. The van der Waals surface area contributed by atoms with E-state index in [2.05, 4.69) is 23.5 Å². The van der Waals surface area contributed by atoms with Crippen LogP contribution in [0.3, 0.4) is 0 Å². The third-order valence-corrected chi connectivity index (χ3v) is 2.76. The van der Waals surface area contributed by atoms with Gasteiger partial charge in [0.05, 0.1) is 0 Å². The first kappa shape index (κ1) is 12.7. The molecule has 1 rings (SSSR count). The highest BCUT2D eigenvalue weighted by Gasteiger charge is 2.25. The minimum Gasteiger partial charge on any atom is -0.480 e. The second-order valence-corrected chi connectivity index (χ2v) is 4.71. The molecular weight excluding hydrogens is 202 g/mol. The molecule has 0 heterocycles. The van der Waals surface area contributed by atoms with Crippen molar-refractivity contribution in [2.75, 3.05) is 0 Å². The summed E-state index contributed by atoms with van der Waals surface area (Å²) in [6.07, 6.45) is 0. The standard InChI is InChI=1S/C13H19NO2/c1-9-5-6-10(2)11(7-9)8-14-13(3,4)12(15)16/h5-7,14H,8H2,1-4H3,(H,15,16). The van der Waals surface area contributed by atoms with Gasteiger partial charge in [0.25, 0.3) is 0 Å². The van der Waals surface area contributed by atoms with E-state index in [-0.39, 0.29) is 0 Å². The van der Waals surface area contributed by atoms with Crippen molar-refractivity contribution in [1.29, 1.82) is 0 Å². The number of carboxylic acids is 1. The number of hydrogen-bond donors (Lipinski definition) is 2. The van der Waals surface area contributed by atoms with E-state index < -0.39 is 11.5 Å². The van der Waals surface area contributed by atoms with Crippen molar-refractivity contribution in [3.8, 4) is 0 Å². The van der Waals surface area contributed by atoms with Crippen LogP contribution >= 0.6 is 0 Å². The van der Waals surface area contributed by atoms with Crippen LogP contribution in [0.1, 0.15) is 30.5 Å². The van der Waals surface area contributed by atoms with Gasteiger partial charge in [0.1, 0.15) is 5.54 Å². The predicted octanol–water partition coefficient (Wildman–Crippen LogP) is 2.26. The smallest absolute Gasteiger partial charge is 0.323 e. The topological polar surface area (TPSA) is 49.3 Å². The van der Waals surface area contributed by atoms with Gasteiger partial charge >= 0.3 is 5.97 Å². The highest BCUT2D eigenvalue weighted by atomic mass is 16.4. The van der Waals surface area contributed by atoms with Crippen LogP contribution in [0.5, 0.6) is 0 Å². The molecule has 16 heavy (non-hydrogen) atoms. The fourth-order valence-corrected chi connectivity index (χ4v) is 1.38. The van der Waals surface area contributed by atoms with Crippen molar-refractivity contribution < 1.29 is 9.90 Å². The van der Waals surface area contributed by atoms with Crippen LogP contribution in [0.2, 0.25) is 0 Å². The average Bonchev–Trinajstić information content (AvgIpc) is 2.19. The summed E-state index contributed by atoms with van der Waals surface area (Å²) >= 11 is 0. The fourth-order valence-electron chi connectivity index (χ4n) is 1.38. The lowest BCUT2D eigenvalue weighted by Crippen LogP contribution is -2.46. The first-order chi connectivity index (χ1) is 7.33. The van der Waals surface area contributed by atoms with Gasteiger partial charge in [-0.15, -0.1) is 0 Å². The van der Waals surface area contributed by atoms with E-state index in [1.165, 1.54) is 11.1 Å². The molecule has 0 bridgehead atoms. The first-order valence-corrected chi connectivity index (χ1v) is 5.37. The van der Waals surface area contributed by atoms with E-state index in [0.29, 0.717) is 6.54 Å². The number of benzene rings is 1. The Hall–Kier alpha value is -1.35. The Morgan fingerprint density at radius 2 is 2.00 bits per heavy atom. The van der Waals surface area contributed by atoms with Crippen LogP contribution < -0.4 is 5.32 Å². The van der Waals surface area contributed by atoms with Gasteiger partial charge in [-0.1, -0.05) is 23.8 Å². The lowest BCUT2D eigenvalue weighted by molar-refractivity contribution is -0.143. The van der Waals surface area contributed by atoms with Crippen LogP contribution in [-0.2, 0) is 11.3 Å². The van der Waals surface area contributed by atoms with Crippen molar-refractivity contribution >= 4 is 5.97 Å². The molecule has 88 valence electrons. The van der Waals surface area contributed by atoms with Gasteiger partial charge < -0.3 is 5.11 Å². The van der Waals surface area contributed by atoms with Crippen LogP contribution in [-0.4, -0.2) is 16.6 Å². The Kier molecular flexibility index (Phi) is 3.70. The second kappa shape index (κ2) is 4.66. The van der Waals surface area contributed by atoms with E-state index in [4.69, 9.17) is 5.11 Å². The number of rotatable bonds is 4. The zero-order valence-electron chi connectivity index (χ0n) is 10.3. The Morgan fingerprint density at radius 3 is 2.56 bits per heavy atom. The van der Waals surface area contributed by atoms with E-state index in [9.17, 15) is 4.79 Å². The molecule has 3 nitrogen and oxygen atoms in total. The van der Waals surface area contributed by atoms with E-state index >= 15 is 0 Å². The van der Waals surface area contributed by atoms with Crippen molar-refractivity contribution in [1.82, 2.24) is 5.32 Å². The molecule has 0 fully saturated rings. The quantitative estimate of drug-likeness (QED) is 0.820. The van der Waals surface area contributed by atoms with Gasteiger partial charge in [0.2, 0.25) is 0 Å². The molecule has 0 atom stereocenters. The summed E-state index contributed by atoms with van der Waals surface area (Å²) in [7, 11) is 0. The van der Waals surface area contributed by atoms with Crippen LogP contribution in [0.15, 0.2) is 18.2 Å². The number of carboxylic acid groups (broad SMARTS) is 1. The third kappa shape index (κ3) is 3.07. The normalized spacial score (nSPS) is 11.5. The molecule has 0 unspecified atom stereocenters. The van der Waals surface area contributed by atoms with Crippen molar-refractivity contribution in [2.45, 2.75) is 39.8 Å². The fraction of sp³-hybridized carbons (Fsp3) is 0.462. The number of aliphatic carboxylic acids is 1. The van der Waals surface area contributed by atoms with Crippen LogP contribution in [0, 0.1) is 13.8 Å². The maximum absolute atomic E-state index is 10.9. The summed E-state index contributed by atoms with van der Waals surface area (Å²) in [5.41, 5.74) is 2.63. The molecule has 2 N–H and O–H groups in total. The highest BCUT2D eigenvalue weighted by molar-refractivity contribution is 5.77. The zero-order chi connectivity index (χ0) is 12.3. The predicted molar refractivity (Wildman–Crippen MR) is 64.5 cm³/mol. The molecule has 0 saturated carbocycles. The van der Waals surface area contributed by atoms with E-state index in [1.54, 1.807) is 13.8 Å². The van der Waals surface area contributed by atoms with Crippen LogP contribution in [0.4, 0.5) is 0 Å². The highest BCUT2D eigenvalue weighted by Crippen LogP contribution is 2.12. The van der Waals surface area contributed by atoms with E-state index in [1.807, 2.05) is 13.8 Å². The maximum atomic E-state index is 10.9. The maximum Gasteiger partial charge on any atom is 0.323 e. The molecule has 1 aromatic rings. The number of nitrogens with one attached hydrogen (secondary N) is 1. The summed E-state index contributed by atoms with van der Waals surface area (Å²) in [5.74, 6) is -0.835. The summed E-state index contributed by atoms with van der Waals surface area (Å²) < 4.78 is 0. The molecule has 0 saturated heterocycles. The molecular formula is C13H19NO2. The van der Waals surface area contributed by atoms with Crippen molar-refractivity contribution in [3.05, 3.63) is 34.9 Å². The molecule has 1 aromatic carbocycles. The summed E-state index contributed by atoms with van der Waals surface area (Å²) in [4.78, 5) is 10.9. The lowest BCUT2D eigenvalue weighted by Gasteiger charge is -2.21. The molecule has 0 aliphatic rings. The SMILES string of the molecule is Cc1ccc(C)c(CNC(C)(C)C(=O)O)c1. The second-order valence-electron chi connectivity index (χ2n) is 4.71. The third-order valence-electron chi connectivity index (χ3n) is 2.76. The van der Waals surface area contributed by atoms with Crippen LogP contribution in [0.25, 0.3) is 0 Å². The Bertz CT molecular complexity index is 397. The van der Waals surface area contributed by atoms with Gasteiger partial charge in [-0.25, -0.2) is 0 Å². The van der Waals surface area contributed by atoms with Gasteiger partial charge in [-0.05, 0) is 38.8 Å². The minimum atomic E-state index is -0.893. The molecule has 0 radical (unpaired) electrons. The molecule has 0 aliphatic carbocycles. The Labute approximate surface area is 96.5 Å². The van der Waals surface area contributed by atoms with Crippen molar-refractivity contribution in [2.24, 2.45) is 0 Å². The summed E-state index contributed by atoms with van der Waals surface area (Å²) in [5, 5.41) is 12.0.